The zero-order chi connectivity index (χ0) is 29.2. The van der Waals surface area contributed by atoms with Gasteiger partial charge in [0.15, 0.2) is 0 Å². The van der Waals surface area contributed by atoms with Crippen LogP contribution in [0.1, 0.15) is 11.1 Å². The third-order valence-electron chi connectivity index (χ3n) is 10.2. The predicted molar refractivity (Wildman–Crippen MR) is 194 cm³/mol. The summed E-state index contributed by atoms with van der Waals surface area (Å²) in [5.41, 5.74) is 9.43. The molecule has 2 heterocycles. The Balaban J connectivity index is 1.31. The summed E-state index contributed by atoms with van der Waals surface area (Å²) >= 11 is 1.93. The summed E-state index contributed by atoms with van der Waals surface area (Å²) in [4.78, 5) is 0. The molecular weight excluding hydrogens is 563 g/mol. The zero-order valence-electron chi connectivity index (χ0n) is 24.3. The van der Waals surface area contributed by atoms with E-state index in [9.17, 15) is 0 Å². The van der Waals surface area contributed by atoms with E-state index in [0.717, 1.165) is 6.42 Å². The van der Waals surface area contributed by atoms with Gasteiger partial charge in [-0.2, -0.15) is 0 Å². The van der Waals surface area contributed by atoms with Crippen LogP contribution in [0.4, 0.5) is 0 Å². The average molecular weight is 588 g/mol. The number of aromatic nitrogens is 1. The quantitative estimate of drug-likeness (QED) is 0.168. The molecule has 10 aromatic rings. The molecule has 0 N–H and O–H groups in total. The van der Waals surface area contributed by atoms with E-state index >= 15 is 0 Å². The van der Waals surface area contributed by atoms with Gasteiger partial charge >= 0.3 is 0 Å². The summed E-state index contributed by atoms with van der Waals surface area (Å²) in [5, 5.41) is 13.4. The van der Waals surface area contributed by atoms with Gasteiger partial charge < -0.3 is 4.57 Å². The molecule has 0 amide bonds. The number of rotatable bonds is 1. The number of nitrogens with zero attached hydrogens (tertiary/aromatic N) is 1. The van der Waals surface area contributed by atoms with Crippen molar-refractivity contribution in [3.8, 4) is 16.8 Å². The van der Waals surface area contributed by atoms with Gasteiger partial charge in [0, 0.05) is 47.6 Å². The summed E-state index contributed by atoms with van der Waals surface area (Å²) in [5.74, 6) is 0. The third-order valence-corrected chi connectivity index (χ3v) is 11.4. The number of benzene rings is 8. The Labute approximate surface area is 263 Å². The SMILES string of the molecule is c1ccc2c(c1)Cc1c-2c2c(c3ccccc13)c1ccccc1n2-c1ccc2c(c1)sc1c3ccccc3c3ccccc3c21. The molecule has 0 atom stereocenters. The van der Waals surface area contributed by atoms with E-state index in [1.54, 1.807) is 0 Å². The van der Waals surface area contributed by atoms with Gasteiger partial charge in [0.1, 0.15) is 0 Å². The van der Waals surface area contributed by atoms with Gasteiger partial charge in [-0.15, -0.1) is 11.3 Å². The van der Waals surface area contributed by atoms with Crippen molar-refractivity contribution in [1.82, 2.24) is 4.57 Å². The molecule has 0 unspecified atom stereocenters. The van der Waals surface area contributed by atoms with E-state index < -0.39 is 0 Å². The highest BCUT2D eigenvalue weighted by Crippen LogP contribution is 2.50. The molecule has 0 saturated carbocycles. The fraction of sp³-hybridized carbons (Fsp3) is 0.0233. The van der Waals surface area contributed by atoms with Crippen molar-refractivity contribution in [2.75, 3.05) is 0 Å². The lowest BCUT2D eigenvalue weighted by atomic mass is 9.94. The second kappa shape index (κ2) is 8.59. The van der Waals surface area contributed by atoms with E-state index in [0.29, 0.717) is 0 Å². The standard InChI is InChI=1S/C43H25NS/c1-2-12-27-25(11-1)23-36-30-15-4-6-16-31(30)40-34-19-9-10-20-37(34)44(42(40)39(27)36)26-21-22-35-38(24-26)45-43-33-18-8-5-14-29(33)28-13-3-7-17-32(28)41(35)43/h1-22,24H,23H2. The lowest BCUT2D eigenvalue weighted by Crippen LogP contribution is -1.96. The average Bonchev–Trinajstić information content (AvgIpc) is 3.78. The highest BCUT2D eigenvalue weighted by Gasteiger charge is 2.28. The third kappa shape index (κ3) is 3.02. The van der Waals surface area contributed by atoms with E-state index in [1.807, 2.05) is 11.3 Å². The summed E-state index contributed by atoms with van der Waals surface area (Å²) in [6, 6.07) is 52.0. The Morgan fingerprint density at radius 2 is 1.11 bits per heavy atom. The van der Waals surface area contributed by atoms with Gasteiger partial charge in [-0.05, 0) is 68.2 Å². The number of thiophene rings is 1. The summed E-state index contributed by atoms with van der Waals surface area (Å²) in [6.45, 7) is 0. The predicted octanol–water partition coefficient (Wildman–Crippen LogP) is 12.2. The Morgan fingerprint density at radius 3 is 1.93 bits per heavy atom. The van der Waals surface area contributed by atoms with Crippen molar-refractivity contribution in [2.24, 2.45) is 0 Å². The molecule has 208 valence electrons. The van der Waals surface area contributed by atoms with Crippen molar-refractivity contribution >= 4 is 85.6 Å². The molecule has 1 aliphatic rings. The fourth-order valence-corrected chi connectivity index (χ4v) is 9.66. The Kier molecular flexibility index (Phi) is 4.57. The van der Waals surface area contributed by atoms with Crippen LogP contribution in [0, 0.1) is 0 Å². The van der Waals surface area contributed by atoms with Gasteiger partial charge in [-0.1, -0.05) is 121 Å². The lowest BCUT2D eigenvalue weighted by Gasteiger charge is -2.14. The van der Waals surface area contributed by atoms with Gasteiger partial charge in [0.25, 0.3) is 0 Å². The largest absolute Gasteiger partial charge is 0.309 e. The Morgan fingerprint density at radius 1 is 0.489 bits per heavy atom. The molecule has 1 aliphatic carbocycles. The smallest absolute Gasteiger partial charge is 0.0628 e. The van der Waals surface area contributed by atoms with Gasteiger partial charge in [0.2, 0.25) is 0 Å². The van der Waals surface area contributed by atoms with Crippen molar-refractivity contribution in [3.05, 3.63) is 151 Å². The molecule has 8 aromatic carbocycles. The van der Waals surface area contributed by atoms with E-state index in [1.165, 1.54) is 102 Å². The molecule has 1 nitrogen and oxygen atoms in total. The monoisotopic (exact) mass is 587 g/mol. The first-order valence-corrected chi connectivity index (χ1v) is 16.5. The molecule has 0 spiro atoms. The molecule has 2 aromatic heterocycles. The van der Waals surface area contributed by atoms with Crippen LogP contribution in [0.25, 0.3) is 91.1 Å². The normalized spacial score (nSPS) is 12.8. The molecule has 0 radical (unpaired) electrons. The minimum atomic E-state index is 0.971. The molecule has 45 heavy (non-hydrogen) atoms. The zero-order valence-corrected chi connectivity index (χ0v) is 25.2. The minimum absolute atomic E-state index is 0.971. The van der Waals surface area contributed by atoms with Crippen LogP contribution in [0.3, 0.4) is 0 Å². The first-order chi connectivity index (χ1) is 22.3. The summed E-state index contributed by atoms with van der Waals surface area (Å²) in [7, 11) is 0. The van der Waals surface area contributed by atoms with Gasteiger partial charge in [-0.25, -0.2) is 0 Å². The van der Waals surface area contributed by atoms with E-state index in [-0.39, 0.29) is 0 Å². The van der Waals surface area contributed by atoms with Crippen LogP contribution in [0.15, 0.2) is 140 Å². The summed E-state index contributed by atoms with van der Waals surface area (Å²) < 4.78 is 5.25. The van der Waals surface area contributed by atoms with Crippen molar-refractivity contribution in [2.45, 2.75) is 6.42 Å². The van der Waals surface area contributed by atoms with Crippen molar-refractivity contribution < 1.29 is 0 Å². The Bertz CT molecular complexity index is 2900. The van der Waals surface area contributed by atoms with Gasteiger partial charge in [-0.3, -0.25) is 0 Å². The minimum Gasteiger partial charge on any atom is -0.309 e. The van der Waals surface area contributed by atoms with Crippen LogP contribution < -0.4 is 0 Å². The molecule has 11 rings (SSSR count). The molecule has 0 saturated heterocycles. The van der Waals surface area contributed by atoms with E-state index in [2.05, 4.69) is 144 Å². The topological polar surface area (TPSA) is 4.93 Å². The Hall–Kier alpha value is -5.44. The first-order valence-electron chi connectivity index (χ1n) is 15.7. The maximum atomic E-state index is 2.55. The fourth-order valence-electron chi connectivity index (χ4n) is 8.38. The van der Waals surface area contributed by atoms with Gasteiger partial charge in [0.05, 0.1) is 11.0 Å². The number of hydrogen-bond donors (Lipinski definition) is 0. The second-order valence-electron chi connectivity index (χ2n) is 12.4. The highest BCUT2D eigenvalue weighted by molar-refractivity contribution is 7.27. The molecule has 0 bridgehead atoms. The highest BCUT2D eigenvalue weighted by atomic mass is 32.1. The summed E-state index contributed by atoms with van der Waals surface area (Å²) in [6.07, 6.45) is 0.971. The van der Waals surface area contributed by atoms with Crippen LogP contribution >= 0.6 is 11.3 Å². The molecule has 0 aliphatic heterocycles. The number of para-hydroxylation sites is 1. The molecular formula is C43H25NS. The van der Waals surface area contributed by atoms with Crippen LogP contribution in [-0.2, 0) is 6.42 Å². The lowest BCUT2D eigenvalue weighted by molar-refractivity contribution is 1.19. The second-order valence-corrected chi connectivity index (χ2v) is 13.4. The van der Waals surface area contributed by atoms with Crippen molar-refractivity contribution in [1.29, 1.82) is 0 Å². The van der Waals surface area contributed by atoms with Crippen LogP contribution in [-0.4, -0.2) is 4.57 Å². The van der Waals surface area contributed by atoms with Crippen LogP contribution in [0.2, 0.25) is 0 Å². The van der Waals surface area contributed by atoms with E-state index in [4.69, 9.17) is 0 Å². The maximum absolute atomic E-state index is 2.55. The molecule has 2 heteroatoms. The van der Waals surface area contributed by atoms with Crippen LogP contribution in [0.5, 0.6) is 0 Å². The first kappa shape index (κ1) is 23.9. The van der Waals surface area contributed by atoms with Crippen molar-refractivity contribution in [3.63, 3.8) is 0 Å². The number of fused-ring (bicyclic) bond motifs is 18. The number of hydrogen-bond acceptors (Lipinski definition) is 1. The maximum Gasteiger partial charge on any atom is 0.0628 e. The molecule has 0 fully saturated rings.